The molecule has 0 aliphatic carbocycles. The third kappa shape index (κ3) is 4.94. The monoisotopic (exact) mass is 201 g/mol. The van der Waals surface area contributed by atoms with Crippen molar-refractivity contribution in [1.29, 1.82) is 0 Å². The second-order valence-corrected chi connectivity index (χ2v) is 4.17. The number of piperidine rings is 1. The van der Waals surface area contributed by atoms with Crippen molar-refractivity contribution in [2.24, 2.45) is 5.92 Å². The number of ether oxygens (including phenoxy) is 2. The molecule has 0 bridgehead atoms. The minimum absolute atomic E-state index is 0.786. The lowest BCUT2D eigenvalue weighted by atomic mass is 9.98. The fourth-order valence-corrected chi connectivity index (χ4v) is 1.78. The van der Waals surface area contributed by atoms with Crippen LogP contribution in [0, 0.1) is 5.92 Å². The van der Waals surface area contributed by atoms with Crippen LogP contribution in [0.2, 0.25) is 0 Å². The van der Waals surface area contributed by atoms with Crippen molar-refractivity contribution in [3.63, 3.8) is 0 Å². The Morgan fingerprint density at radius 3 is 2.57 bits per heavy atom. The molecule has 1 heterocycles. The molecule has 0 saturated carbocycles. The lowest BCUT2D eigenvalue weighted by molar-refractivity contribution is 0.0589. The summed E-state index contributed by atoms with van der Waals surface area (Å²) in [7, 11) is 3.92. The van der Waals surface area contributed by atoms with Crippen molar-refractivity contribution in [3.8, 4) is 0 Å². The molecule has 1 aliphatic rings. The van der Waals surface area contributed by atoms with Gasteiger partial charge in [-0.3, -0.25) is 0 Å². The maximum absolute atomic E-state index is 5.61. The van der Waals surface area contributed by atoms with Crippen molar-refractivity contribution < 1.29 is 9.47 Å². The average Bonchev–Trinajstić information content (AvgIpc) is 2.21. The third-order valence-corrected chi connectivity index (χ3v) is 2.83. The van der Waals surface area contributed by atoms with Gasteiger partial charge in [0.25, 0.3) is 0 Å². The van der Waals surface area contributed by atoms with Crippen LogP contribution in [0.1, 0.15) is 19.3 Å². The Kier molecular flexibility index (Phi) is 6.15. The summed E-state index contributed by atoms with van der Waals surface area (Å²) in [5.74, 6) is 0.786. The van der Waals surface area contributed by atoms with Gasteiger partial charge in [-0.15, -0.1) is 0 Å². The molecule has 84 valence electrons. The molecule has 3 nitrogen and oxygen atoms in total. The molecule has 1 rings (SSSR count). The van der Waals surface area contributed by atoms with Gasteiger partial charge in [-0.05, 0) is 45.3 Å². The normalized spacial score (nSPS) is 20.1. The van der Waals surface area contributed by atoms with Crippen LogP contribution < -0.4 is 0 Å². The number of nitrogens with zero attached hydrogens (tertiary/aromatic N) is 1. The topological polar surface area (TPSA) is 21.7 Å². The van der Waals surface area contributed by atoms with E-state index in [1.807, 2.05) is 0 Å². The van der Waals surface area contributed by atoms with Crippen LogP contribution in [-0.2, 0) is 9.47 Å². The highest BCUT2D eigenvalue weighted by molar-refractivity contribution is 4.69. The van der Waals surface area contributed by atoms with Gasteiger partial charge in [0.1, 0.15) is 0 Å². The van der Waals surface area contributed by atoms with E-state index in [1.165, 1.54) is 25.9 Å². The van der Waals surface area contributed by atoms with Gasteiger partial charge in [-0.1, -0.05) is 0 Å². The van der Waals surface area contributed by atoms with Gasteiger partial charge < -0.3 is 14.4 Å². The molecule has 0 spiro atoms. The average molecular weight is 201 g/mol. The van der Waals surface area contributed by atoms with Crippen LogP contribution >= 0.6 is 0 Å². The van der Waals surface area contributed by atoms with Crippen molar-refractivity contribution in [3.05, 3.63) is 0 Å². The first-order valence-corrected chi connectivity index (χ1v) is 5.58. The standard InChI is InChI=1S/C11H23NO2/c1-12-6-4-11(5-7-12)10-14-9-3-8-13-2/h11H,3-10H2,1-2H3. The van der Waals surface area contributed by atoms with Crippen LogP contribution in [0.15, 0.2) is 0 Å². The molecule has 1 aliphatic heterocycles. The summed E-state index contributed by atoms with van der Waals surface area (Å²) in [6, 6.07) is 0. The fraction of sp³-hybridized carbons (Fsp3) is 1.00. The van der Waals surface area contributed by atoms with Crippen molar-refractivity contribution >= 4 is 0 Å². The number of likely N-dealkylation sites (tertiary alicyclic amines) is 1. The largest absolute Gasteiger partial charge is 0.385 e. The molecule has 0 aromatic heterocycles. The van der Waals surface area contributed by atoms with E-state index < -0.39 is 0 Å². The van der Waals surface area contributed by atoms with Crippen molar-refractivity contribution in [1.82, 2.24) is 4.90 Å². The van der Waals surface area contributed by atoms with Crippen LogP contribution in [0.4, 0.5) is 0 Å². The SMILES string of the molecule is COCCCOCC1CCN(C)CC1. The minimum atomic E-state index is 0.786. The second kappa shape index (κ2) is 7.21. The Morgan fingerprint density at radius 2 is 1.93 bits per heavy atom. The molecule has 0 unspecified atom stereocenters. The van der Waals surface area contributed by atoms with Gasteiger partial charge in [0.05, 0.1) is 0 Å². The summed E-state index contributed by atoms with van der Waals surface area (Å²) in [6.45, 7) is 5.06. The predicted molar refractivity (Wildman–Crippen MR) is 57.5 cm³/mol. The Morgan fingerprint density at radius 1 is 1.21 bits per heavy atom. The van der Waals surface area contributed by atoms with E-state index in [2.05, 4.69) is 11.9 Å². The lowest BCUT2D eigenvalue weighted by Crippen LogP contribution is -2.32. The fourth-order valence-electron chi connectivity index (χ4n) is 1.78. The third-order valence-electron chi connectivity index (χ3n) is 2.83. The Hall–Kier alpha value is -0.120. The van der Waals surface area contributed by atoms with Gasteiger partial charge in [-0.25, -0.2) is 0 Å². The van der Waals surface area contributed by atoms with Crippen LogP contribution in [-0.4, -0.2) is 52.0 Å². The van der Waals surface area contributed by atoms with Gasteiger partial charge >= 0.3 is 0 Å². The number of hydrogen-bond donors (Lipinski definition) is 0. The first kappa shape index (κ1) is 12.0. The summed E-state index contributed by atoms with van der Waals surface area (Å²) < 4.78 is 10.6. The molecular formula is C11H23NO2. The number of rotatable bonds is 6. The van der Waals surface area contributed by atoms with E-state index in [-0.39, 0.29) is 0 Å². The molecule has 0 aromatic rings. The summed E-state index contributed by atoms with van der Waals surface area (Å²) in [5, 5.41) is 0. The minimum Gasteiger partial charge on any atom is -0.385 e. The van der Waals surface area contributed by atoms with E-state index in [9.17, 15) is 0 Å². The lowest BCUT2D eigenvalue weighted by Gasteiger charge is -2.28. The summed E-state index contributed by atoms with van der Waals surface area (Å²) >= 11 is 0. The Balaban J connectivity index is 1.91. The predicted octanol–water partition coefficient (Wildman–Crippen LogP) is 1.38. The van der Waals surface area contributed by atoms with Crippen LogP contribution in [0.5, 0.6) is 0 Å². The van der Waals surface area contributed by atoms with Gasteiger partial charge in [0.15, 0.2) is 0 Å². The second-order valence-electron chi connectivity index (χ2n) is 4.17. The maximum Gasteiger partial charge on any atom is 0.0495 e. The molecule has 3 heteroatoms. The maximum atomic E-state index is 5.61. The van der Waals surface area contributed by atoms with E-state index in [4.69, 9.17) is 9.47 Å². The molecule has 0 atom stereocenters. The van der Waals surface area contributed by atoms with E-state index >= 15 is 0 Å². The molecule has 0 N–H and O–H groups in total. The van der Waals surface area contributed by atoms with Crippen molar-refractivity contribution in [2.75, 3.05) is 47.1 Å². The smallest absolute Gasteiger partial charge is 0.0495 e. The summed E-state index contributed by atoms with van der Waals surface area (Å²) in [6.07, 6.45) is 3.60. The molecular weight excluding hydrogens is 178 g/mol. The van der Waals surface area contributed by atoms with Crippen LogP contribution in [0.3, 0.4) is 0 Å². The molecule has 0 amide bonds. The zero-order valence-corrected chi connectivity index (χ0v) is 9.50. The Bertz CT molecular complexity index is 133. The molecule has 1 saturated heterocycles. The highest BCUT2D eigenvalue weighted by Gasteiger charge is 2.16. The van der Waals surface area contributed by atoms with Gasteiger partial charge in [0, 0.05) is 26.9 Å². The quantitative estimate of drug-likeness (QED) is 0.606. The van der Waals surface area contributed by atoms with Gasteiger partial charge in [-0.2, -0.15) is 0 Å². The van der Waals surface area contributed by atoms with E-state index in [1.54, 1.807) is 7.11 Å². The number of hydrogen-bond acceptors (Lipinski definition) is 3. The summed E-state index contributed by atoms with van der Waals surface area (Å²) in [4.78, 5) is 2.39. The summed E-state index contributed by atoms with van der Waals surface area (Å²) in [5.41, 5.74) is 0. The molecule has 14 heavy (non-hydrogen) atoms. The highest BCUT2D eigenvalue weighted by Crippen LogP contribution is 2.15. The number of methoxy groups -OCH3 is 1. The first-order valence-electron chi connectivity index (χ1n) is 5.58. The Labute approximate surface area is 87.4 Å². The van der Waals surface area contributed by atoms with E-state index in [0.29, 0.717) is 0 Å². The zero-order chi connectivity index (χ0) is 10.2. The van der Waals surface area contributed by atoms with Crippen LogP contribution in [0.25, 0.3) is 0 Å². The zero-order valence-electron chi connectivity index (χ0n) is 9.50. The first-order chi connectivity index (χ1) is 6.83. The molecule has 1 fully saturated rings. The van der Waals surface area contributed by atoms with Gasteiger partial charge in [0.2, 0.25) is 0 Å². The van der Waals surface area contributed by atoms with Crippen molar-refractivity contribution in [2.45, 2.75) is 19.3 Å². The molecule has 0 radical (unpaired) electrons. The highest BCUT2D eigenvalue weighted by atomic mass is 16.5. The van der Waals surface area contributed by atoms with E-state index in [0.717, 1.165) is 32.2 Å². The molecule has 0 aromatic carbocycles.